The molecule has 2 N–H and O–H groups in total. The second-order valence-corrected chi connectivity index (χ2v) is 6.18. The minimum atomic E-state index is -0.729. The second kappa shape index (κ2) is 7.72. The summed E-state index contributed by atoms with van der Waals surface area (Å²) in [6, 6.07) is 6.95. The largest absolute Gasteiger partial charge is 0.388 e. The van der Waals surface area contributed by atoms with Crippen molar-refractivity contribution in [3.8, 4) is 0 Å². The topological polar surface area (TPSA) is 35.5 Å². The van der Waals surface area contributed by atoms with Gasteiger partial charge in [0.05, 0.1) is 5.60 Å². The summed E-state index contributed by atoms with van der Waals surface area (Å²) in [5.41, 5.74) is 0.410. The summed E-state index contributed by atoms with van der Waals surface area (Å²) >= 11 is 0. The molecule has 0 aliphatic carbocycles. The molecule has 0 amide bonds. The van der Waals surface area contributed by atoms with Crippen molar-refractivity contribution in [1.82, 2.24) is 10.2 Å². The van der Waals surface area contributed by atoms with Gasteiger partial charge in [-0.2, -0.15) is 0 Å². The lowest BCUT2D eigenvalue weighted by Crippen LogP contribution is -2.47. The standard InChI is InChI=1S/C16H27FN2O/c1-13(18-11-16(2,20)12-19(3)4)5-6-14-7-9-15(17)10-8-14/h7-10,13,18,20H,5-6,11-12H2,1-4H3. The Bertz CT molecular complexity index is 390. The van der Waals surface area contributed by atoms with Gasteiger partial charge in [-0.05, 0) is 58.5 Å². The van der Waals surface area contributed by atoms with E-state index in [1.165, 1.54) is 12.1 Å². The van der Waals surface area contributed by atoms with Crippen LogP contribution in [0.5, 0.6) is 0 Å². The summed E-state index contributed by atoms with van der Waals surface area (Å²) in [4.78, 5) is 1.98. The van der Waals surface area contributed by atoms with E-state index in [1.54, 1.807) is 0 Å². The maximum atomic E-state index is 12.8. The van der Waals surface area contributed by atoms with Crippen LogP contribution in [-0.2, 0) is 6.42 Å². The Morgan fingerprint density at radius 1 is 1.30 bits per heavy atom. The minimum Gasteiger partial charge on any atom is -0.388 e. The first-order chi connectivity index (χ1) is 9.28. The molecule has 2 atom stereocenters. The number of aryl methyl sites for hydroxylation is 1. The number of hydrogen-bond acceptors (Lipinski definition) is 3. The molecule has 0 spiro atoms. The number of benzene rings is 1. The van der Waals surface area contributed by atoms with Gasteiger partial charge in [-0.25, -0.2) is 4.39 Å². The fraction of sp³-hybridized carbons (Fsp3) is 0.625. The van der Waals surface area contributed by atoms with E-state index in [1.807, 2.05) is 38.1 Å². The second-order valence-electron chi connectivity index (χ2n) is 6.18. The number of rotatable bonds is 8. The SMILES string of the molecule is CC(CCc1ccc(F)cc1)NCC(C)(O)CN(C)C. The molecule has 3 nitrogen and oxygen atoms in total. The van der Waals surface area contributed by atoms with Crippen molar-refractivity contribution in [2.24, 2.45) is 0 Å². The first kappa shape index (κ1) is 17.1. The Morgan fingerprint density at radius 2 is 1.90 bits per heavy atom. The smallest absolute Gasteiger partial charge is 0.123 e. The van der Waals surface area contributed by atoms with E-state index in [0.717, 1.165) is 18.4 Å². The number of halogens is 1. The zero-order valence-corrected chi connectivity index (χ0v) is 13.0. The molecular formula is C16H27FN2O. The van der Waals surface area contributed by atoms with Gasteiger partial charge < -0.3 is 15.3 Å². The van der Waals surface area contributed by atoms with E-state index in [-0.39, 0.29) is 5.82 Å². The van der Waals surface area contributed by atoms with Crippen LogP contribution in [0.3, 0.4) is 0 Å². The highest BCUT2D eigenvalue weighted by Gasteiger charge is 2.21. The molecule has 0 heterocycles. The van der Waals surface area contributed by atoms with Gasteiger partial charge >= 0.3 is 0 Å². The molecule has 1 aromatic rings. The Morgan fingerprint density at radius 3 is 2.45 bits per heavy atom. The van der Waals surface area contributed by atoms with Crippen LogP contribution in [0.25, 0.3) is 0 Å². The fourth-order valence-electron chi connectivity index (χ4n) is 2.27. The lowest BCUT2D eigenvalue weighted by molar-refractivity contribution is 0.0316. The number of nitrogens with zero attached hydrogens (tertiary/aromatic N) is 1. The highest BCUT2D eigenvalue weighted by molar-refractivity contribution is 5.16. The van der Waals surface area contributed by atoms with Crippen LogP contribution in [0.4, 0.5) is 4.39 Å². The van der Waals surface area contributed by atoms with Gasteiger partial charge in [-0.3, -0.25) is 0 Å². The van der Waals surface area contributed by atoms with Gasteiger partial charge in [0.2, 0.25) is 0 Å². The summed E-state index contributed by atoms with van der Waals surface area (Å²) < 4.78 is 12.8. The molecule has 0 saturated heterocycles. The van der Waals surface area contributed by atoms with Crippen LogP contribution >= 0.6 is 0 Å². The van der Waals surface area contributed by atoms with Gasteiger partial charge in [0.1, 0.15) is 5.82 Å². The van der Waals surface area contributed by atoms with Gasteiger partial charge in [0, 0.05) is 19.1 Å². The van der Waals surface area contributed by atoms with Crippen LogP contribution in [0.2, 0.25) is 0 Å². The van der Waals surface area contributed by atoms with E-state index in [9.17, 15) is 9.50 Å². The molecule has 0 aromatic heterocycles. The minimum absolute atomic E-state index is 0.195. The first-order valence-corrected chi connectivity index (χ1v) is 7.13. The van der Waals surface area contributed by atoms with Gasteiger partial charge in [0.15, 0.2) is 0 Å². The summed E-state index contributed by atoms with van der Waals surface area (Å²) in [5.74, 6) is -0.195. The molecule has 114 valence electrons. The Labute approximate surface area is 121 Å². The summed E-state index contributed by atoms with van der Waals surface area (Å²) in [6.07, 6.45) is 1.87. The van der Waals surface area contributed by atoms with Crippen molar-refractivity contribution in [2.45, 2.75) is 38.3 Å². The first-order valence-electron chi connectivity index (χ1n) is 7.13. The maximum Gasteiger partial charge on any atom is 0.123 e. The molecular weight excluding hydrogens is 255 g/mol. The quantitative estimate of drug-likeness (QED) is 0.766. The third-order valence-corrected chi connectivity index (χ3v) is 3.27. The van der Waals surface area contributed by atoms with Gasteiger partial charge in [-0.15, -0.1) is 0 Å². The normalized spacial score (nSPS) is 16.1. The van der Waals surface area contributed by atoms with Crippen molar-refractivity contribution in [2.75, 3.05) is 27.2 Å². The molecule has 0 fully saturated rings. The molecule has 20 heavy (non-hydrogen) atoms. The maximum absolute atomic E-state index is 12.8. The number of hydrogen-bond donors (Lipinski definition) is 2. The molecule has 0 aliphatic heterocycles. The van der Waals surface area contributed by atoms with E-state index in [0.29, 0.717) is 19.1 Å². The lowest BCUT2D eigenvalue weighted by atomic mass is 10.0. The van der Waals surface area contributed by atoms with Crippen LogP contribution in [0.1, 0.15) is 25.8 Å². The van der Waals surface area contributed by atoms with E-state index in [4.69, 9.17) is 0 Å². The summed E-state index contributed by atoms with van der Waals surface area (Å²) in [5, 5.41) is 13.6. The highest BCUT2D eigenvalue weighted by Crippen LogP contribution is 2.08. The number of aliphatic hydroxyl groups is 1. The summed E-state index contributed by atoms with van der Waals surface area (Å²) in [7, 11) is 3.90. The zero-order chi connectivity index (χ0) is 15.2. The van der Waals surface area contributed by atoms with Gasteiger partial charge in [-0.1, -0.05) is 12.1 Å². The molecule has 0 saturated carbocycles. The molecule has 0 bridgehead atoms. The Kier molecular flexibility index (Phi) is 6.59. The molecule has 0 radical (unpaired) electrons. The van der Waals surface area contributed by atoms with Crippen LogP contribution in [0.15, 0.2) is 24.3 Å². The van der Waals surface area contributed by atoms with Crippen LogP contribution in [0, 0.1) is 5.82 Å². The third-order valence-electron chi connectivity index (χ3n) is 3.27. The molecule has 1 rings (SSSR count). The number of likely N-dealkylation sites (N-methyl/N-ethyl adjacent to an activating group) is 1. The van der Waals surface area contributed by atoms with Gasteiger partial charge in [0.25, 0.3) is 0 Å². The predicted octanol–water partition coefficient (Wildman–Crippen LogP) is 2.05. The lowest BCUT2D eigenvalue weighted by Gasteiger charge is -2.28. The van der Waals surface area contributed by atoms with E-state index >= 15 is 0 Å². The zero-order valence-electron chi connectivity index (χ0n) is 13.0. The van der Waals surface area contributed by atoms with Crippen molar-refractivity contribution in [3.05, 3.63) is 35.6 Å². The van der Waals surface area contributed by atoms with E-state index in [2.05, 4.69) is 12.2 Å². The molecule has 4 heteroatoms. The van der Waals surface area contributed by atoms with Crippen LogP contribution < -0.4 is 5.32 Å². The Hall–Kier alpha value is -0.970. The van der Waals surface area contributed by atoms with Crippen molar-refractivity contribution < 1.29 is 9.50 Å². The van der Waals surface area contributed by atoms with Crippen molar-refractivity contribution in [1.29, 1.82) is 0 Å². The fourth-order valence-corrected chi connectivity index (χ4v) is 2.27. The Balaban J connectivity index is 2.29. The highest BCUT2D eigenvalue weighted by atomic mass is 19.1. The van der Waals surface area contributed by atoms with Crippen LogP contribution in [-0.4, -0.2) is 48.8 Å². The van der Waals surface area contributed by atoms with E-state index < -0.39 is 5.60 Å². The average Bonchev–Trinajstić information content (AvgIpc) is 2.34. The van der Waals surface area contributed by atoms with Crippen molar-refractivity contribution in [3.63, 3.8) is 0 Å². The number of nitrogens with one attached hydrogen (secondary N) is 1. The molecule has 0 aliphatic rings. The van der Waals surface area contributed by atoms with Crippen molar-refractivity contribution >= 4 is 0 Å². The summed E-state index contributed by atoms with van der Waals surface area (Å²) in [6.45, 7) is 5.14. The predicted molar refractivity (Wildman–Crippen MR) is 81.4 cm³/mol. The average molecular weight is 282 g/mol. The molecule has 1 aromatic carbocycles. The molecule has 2 unspecified atom stereocenters. The monoisotopic (exact) mass is 282 g/mol. The third kappa shape index (κ3) is 6.98.